The molecule has 0 saturated carbocycles. The van der Waals surface area contributed by atoms with Crippen LogP contribution >= 0.6 is 0 Å². The van der Waals surface area contributed by atoms with Crippen LogP contribution in [0.1, 0.15) is 15.6 Å². The predicted molar refractivity (Wildman–Crippen MR) is 105 cm³/mol. The number of nitrogens with two attached hydrogens (primary N) is 1. The molecule has 1 amide bonds. The van der Waals surface area contributed by atoms with Crippen molar-refractivity contribution in [1.29, 1.82) is 0 Å². The lowest BCUT2D eigenvalue weighted by Gasteiger charge is -2.35. The third-order valence-electron chi connectivity index (χ3n) is 5.04. The van der Waals surface area contributed by atoms with Crippen LogP contribution in [0.15, 0.2) is 12.1 Å². The van der Waals surface area contributed by atoms with E-state index in [1.807, 2.05) is 4.90 Å². The Morgan fingerprint density at radius 1 is 1.25 bits per heavy atom. The van der Waals surface area contributed by atoms with Crippen LogP contribution < -0.4 is 20.1 Å². The number of amides is 1. The highest BCUT2D eigenvalue weighted by Crippen LogP contribution is 2.34. The van der Waals surface area contributed by atoms with E-state index >= 15 is 0 Å². The molecule has 2 aromatic rings. The first-order valence-corrected chi connectivity index (χ1v) is 9.23. The Bertz CT molecular complexity index is 1030. The average Bonchev–Trinajstić information content (AvgIpc) is 3.35. The van der Waals surface area contributed by atoms with Crippen LogP contribution in [0, 0.1) is 0 Å². The quantitative estimate of drug-likeness (QED) is 0.807. The lowest BCUT2D eigenvalue weighted by molar-refractivity contribution is -0.141. The molecule has 2 saturated heterocycles. The topological polar surface area (TPSA) is 103 Å². The smallest absolute Gasteiger partial charge is 0.251 e. The number of nitrogen functional groups attached to an aromatic ring is 1. The predicted octanol–water partition coefficient (Wildman–Crippen LogP) is 1.06. The Hall–Kier alpha value is -2.81. The largest absolute Gasteiger partial charge is 0.493 e. The van der Waals surface area contributed by atoms with Gasteiger partial charge in [0, 0.05) is 44.2 Å². The molecule has 0 aliphatic carbocycles. The molecule has 1 atom stereocenters. The van der Waals surface area contributed by atoms with Gasteiger partial charge in [-0.05, 0) is 18.9 Å². The number of rotatable bonds is 5. The molecule has 2 N–H and O–H groups in total. The third-order valence-corrected chi connectivity index (χ3v) is 5.04. The van der Waals surface area contributed by atoms with E-state index in [-0.39, 0.29) is 58.3 Å². The summed E-state index contributed by atoms with van der Waals surface area (Å²) in [5.74, 6) is 0.151. The summed E-state index contributed by atoms with van der Waals surface area (Å²) in [5.41, 5.74) is 0.392. The van der Waals surface area contributed by atoms with Crippen LogP contribution in [0.2, 0.25) is 2.82 Å². The van der Waals surface area contributed by atoms with Crippen LogP contribution in [0.4, 0.5) is 11.8 Å². The number of nitrogens with zero attached hydrogens (tertiary/aromatic N) is 4. The van der Waals surface area contributed by atoms with E-state index in [9.17, 15) is 4.79 Å². The van der Waals surface area contributed by atoms with E-state index < -0.39 is 0 Å². The van der Waals surface area contributed by atoms with Gasteiger partial charge in [0.2, 0.25) is 5.95 Å². The van der Waals surface area contributed by atoms with Gasteiger partial charge in [-0.1, -0.05) is 0 Å². The van der Waals surface area contributed by atoms with Crippen molar-refractivity contribution in [2.75, 3.05) is 57.6 Å². The molecule has 0 bridgehead atoms. The zero-order valence-electron chi connectivity index (χ0n) is 19.9. The van der Waals surface area contributed by atoms with Crippen LogP contribution in [-0.4, -0.2) is 73.9 Å². The Kier molecular flexibility index (Phi) is 3.90. The molecular formula is C19H25N5O4. The van der Waals surface area contributed by atoms with Crippen molar-refractivity contribution >= 4 is 28.6 Å². The maximum atomic E-state index is 12.6. The van der Waals surface area contributed by atoms with Crippen molar-refractivity contribution in [2.45, 2.75) is 18.9 Å². The molecule has 0 radical (unpaired) electrons. The summed E-state index contributed by atoms with van der Waals surface area (Å²) >= 11 is 0. The molecule has 9 heteroatoms. The summed E-state index contributed by atoms with van der Waals surface area (Å²) in [6.45, 7) is 2.44. The van der Waals surface area contributed by atoms with Gasteiger partial charge in [-0.2, -0.15) is 4.98 Å². The second kappa shape index (κ2) is 7.67. The first-order valence-electron chi connectivity index (χ1n) is 11.1. The van der Waals surface area contributed by atoms with Crippen LogP contribution in [0.5, 0.6) is 11.5 Å². The van der Waals surface area contributed by atoms with E-state index in [0.717, 1.165) is 12.8 Å². The molecular weight excluding hydrogens is 362 g/mol. The number of anilines is 2. The third kappa shape index (κ3) is 3.37. The summed E-state index contributed by atoms with van der Waals surface area (Å²) in [4.78, 5) is 25.0. The molecule has 2 aliphatic heterocycles. The fraction of sp³-hybridized carbons (Fsp3) is 0.526. The van der Waals surface area contributed by atoms with E-state index in [1.54, 1.807) is 4.90 Å². The van der Waals surface area contributed by atoms with Crippen molar-refractivity contribution in [3.05, 3.63) is 12.1 Å². The minimum atomic E-state index is -0.367. The summed E-state index contributed by atoms with van der Waals surface area (Å²) < 4.78 is 48.5. The first-order chi connectivity index (χ1) is 15.4. The van der Waals surface area contributed by atoms with Gasteiger partial charge in [-0.15, -0.1) is 0 Å². The second-order valence-corrected chi connectivity index (χ2v) is 6.70. The summed E-state index contributed by atoms with van der Waals surface area (Å²) in [5, 5.41) is 0.0635. The standard InChI is InChI=1S/C19H25N5O4/c1-26-15-10-12-13(11-16(15)27-2)21-19(22-17(12)20)24-7-5-23(6-8-24)18(25)14-4-3-9-28-14/h10-11,14H,3-9H2,1-2H3,(H2,20,21,22)/i10D,11D/hD2. The monoisotopic (exact) mass is 391 g/mol. The molecule has 28 heavy (non-hydrogen) atoms. The normalized spacial score (nSPS) is 21.7. The summed E-state index contributed by atoms with van der Waals surface area (Å²) in [6, 6.07) is -0.275. The Morgan fingerprint density at radius 2 is 2.00 bits per heavy atom. The molecule has 1 aromatic carbocycles. The Balaban J connectivity index is 1.68. The number of piperazine rings is 1. The van der Waals surface area contributed by atoms with Crippen molar-refractivity contribution in [3.63, 3.8) is 0 Å². The molecule has 9 nitrogen and oxygen atoms in total. The van der Waals surface area contributed by atoms with Gasteiger partial charge < -0.3 is 29.7 Å². The molecule has 3 heterocycles. The number of hydrogen-bond donors (Lipinski definition) is 1. The lowest BCUT2D eigenvalue weighted by atomic mass is 10.2. The molecule has 2 fully saturated rings. The second-order valence-electron chi connectivity index (χ2n) is 6.70. The average molecular weight is 391 g/mol. The molecule has 150 valence electrons. The fourth-order valence-corrected chi connectivity index (χ4v) is 3.51. The van der Waals surface area contributed by atoms with Gasteiger partial charge in [0.05, 0.1) is 22.5 Å². The van der Waals surface area contributed by atoms with Gasteiger partial charge in [0.25, 0.3) is 5.91 Å². The molecule has 0 spiro atoms. The van der Waals surface area contributed by atoms with E-state index in [2.05, 4.69) is 9.97 Å². The van der Waals surface area contributed by atoms with Gasteiger partial charge in [-0.3, -0.25) is 4.79 Å². The summed E-state index contributed by atoms with van der Waals surface area (Å²) in [7, 11) is 2.72. The van der Waals surface area contributed by atoms with E-state index in [0.29, 0.717) is 38.5 Å². The Labute approximate surface area is 169 Å². The minimum Gasteiger partial charge on any atom is -0.493 e. The number of aromatic nitrogens is 2. The highest BCUT2D eigenvalue weighted by atomic mass is 16.5. The van der Waals surface area contributed by atoms with Crippen LogP contribution in [0.3, 0.4) is 0 Å². The highest BCUT2D eigenvalue weighted by molar-refractivity contribution is 5.91. The van der Waals surface area contributed by atoms with Crippen LogP contribution in [0.25, 0.3) is 10.9 Å². The highest BCUT2D eigenvalue weighted by Gasteiger charge is 2.31. The van der Waals surface area contributed by atoms with Crippen molar-refractivity contribution in [1.82, 2.24) is 14.9 Å². The van der Waals surface area contributed by atoms with Crippen molar-refractivity contribution < 1.29 is 24.6 Å². The number of fused-ring (bicyclic) bond motifs is 1. The van der Waals surface area contributed by atoms with E-state index in [4.69, 9.17) is 19.8 Å². The number of ether oxygens (including phenoxy) is 3. The Morgan fingerprint density at radius 3 is 2.64 bits per heavy atom. The van der Waals surface area contributed by atoms with Crippen molar-refractivity contribution in [3.8, 4) is 11.5 Å². The van der Waals surface area contributed by atoms with Gasteiger partial charge in [0.15, 0.2) is 14.3 Å². The zero-order chi connectivity index (χ0) is 23.0. The number of carbonyl (C=O) groups excluding carboxylic acids is 1. The molecule has 1 unspecified atom stereocenters. The molecule has 2 aliphatic rings. The molecule has 4 rings (SSSR count). The number of carbonyl (C=O) groups is 1. The number of benzene rings is 1. The van der Waals surface area contributed by atoms with E-state index in [1.165, 1.54) is 14.2 Å². The van der Waals surface area contributed by atoms with Gasteiger partial charge >= 0.3 is 0 Å². The van der Waals surface area contributed by atoms with Gasteiger partial charge in [0.1, 0.15) is 11.9 Å². The van der Waals surface area contributed by atoms with Crippen LogP contribution in [-0.2, 0) is 9.53 Å². The lowest BCUT2D eigenvalue weighted by Crippen LogP contribution is -2.51. The zero-order valence-corrected chi connectivity index (χ0v) is 15.9. The fourth-order valence-electron chi connectivity index (χ4n) is 3.51. The van der Waals surface area contributed by atoms with Crippen molar-refractivity contribution in [2.24, 2.45) is 0 Å². The summed E-state index contributed by atoms with van der Waals surface area (Å²) in [6.07, 6.45) is 1.27. The molecule has 1 aromatic heterocycles. The maximum absolute atomic E-state index is 12.6. The first kappa shape index (κ1) is 14.2. The number of hydrogen-bond acceptors (Lipinski definition) is 8. The van der Waals surface area contributed by atoms with Gasteiger partial charge in [-0.25, -0.2) is 4.98 Å². The maximum Gasteiger partial charge on any atom is 0.251 e. The SMILES string of the molecule is [2H]c1c(OC)c(OC)c([2H])c2c(N([2H])[2H])nc(N3CCN(C(=O)C4CCCO4)CC3)nc12. The number of methoxy groups -OCH3 is 2. The minimum absolute atomic E-state index is 0.00474.